The number of aryl methyl sites for hydroxylation is 1. The van der Waals surface area contributed by atoms with Gasteiger partial charge in [-0.3, -0.25) is 9.59 Å². The van der Waals surface area contributed by atoms with Gasteiger partial charge in [-0.25, -0.2) is 8.42 Å². The number of rotatable bonds is 6. The standard InChI is InChI=1S/C26H37N3O4S/c1-4-29-17-23(26(31)27-19-12-10-18(2)11-13-19)25(30)22-16-21(14-15-24(22)29)34(32,33)28(3)20-8-6-5-7-9-20/h14-20H,4-13H2,1-3H3,(H,27,31). The lowest BCUT2D eigenvalue weighted by molar-refractivity contribution is 0.0921. The molecule has 0 aliphatic heterocycles. The Balaban J connectivity index is 1.69. The maximum absolute atomic E-state index is 13.4. The number of nitrogens with zero attached hydrogens (tertiary/aromatic N) is 2. The van der Waals surface area contributed by atoms with E-state index < -0.39 is 15.5 Å². The molecule has 2 aliphatic rings. The van der Waals surface area contributed by atoms with E-state index in [9.17, 15) is 18.0 Å². The third kappa shape index (κ3) is 4.93. The Morgan fingerprint density at radius 2 is 1.76 bits per heavy atom. The lowest BCUT2D eigenvalue weighted by Gasteiger charge is -2.30. The van der Waals surface area contributed by atoms with Crippen molar-refractivity contribution < 1.29 is 13.2 Å². The van der Waals surface area contributed by atoms with Crippen LogP contribution in [0.4, 0.5) is 0 Å². The molecule has 0 atom stereocenters. The number of carbonyl (C=O) groups is 1. The first kappa shape index (κ1) is 24.9. The highest BCUT2D eigenvalue weighted by Gasteiger charge is 2.30. The van der Waals surface area contributed by atoms with E-state index in [1.54, 1.807) is 25.4 Å². The molecule has 0 unspecified atom stereocenters. The van der Waals surface area contributed by atoms with Gasteiger partial charge in [0.25, 0.3) is 5.91 Å². The van der Waals surface area contributed by atoms with E-state index in [-0.39, 0.29) is 33.8 Å². The summed E-state index contributed by atoms with van der Waals surface area (Å²) >= 11 is 0. The minimum atomic E-state index is -3.74. The molecule has 1 amide bonds. The van der Waals surface area contributed by atoms with Gasteiger partial charge in [0.05, 0.1) is 10.4 Å². The summed E-state index contributed by atoms with van der Waals surface area (Å²) in [5, 5.41) is 3.31. The van der Waals surface area contributed by atoms with Crippen LogP contribution in [0.5, 0.6) is 0 Å². The molecule has 4 rings (SSSR count). The van der Waals surface area contributed by atoms with Crippen molar-refractivity contribution in [2.24, 2.45) is 5.92 Å². The zero-order chi connectivity index (χ0) is 24.5. The summed E-state index contributed by atoms with van der Waals surface area (Å²) in [6.07, 6.45) is 10.5. The maximum Gasteiger partial charge on any atom is 0.256 e. The average molecular weight is 488 g/mol. The van der Waals surface area contributed by atoms with Crippen LogP contribution in [0.25, 0.3) is 10.9 Å². The van der Waals surface area contributed by atoms with Crippen molar-refractivity contribution in [3.05, 3.63) is 40.2 Å². The number of amides is 1. The number of fused-ring (bicyclic) bond motifs is 1. The first-order valence-electron chi connectivity index (χ1n) is 12.7. The Hall–Kier alpha value is -2.19. The summed E-state index contributed by atoms with van der Waals surface area (Å²) < 4.78 is 30.1. The van der Waals surface area contributed by atoms with Gasteiger partial charge in [0.1, 0.15) is 5.56 Å². The Labute approximate surface area is 202 Å². The molecule has 2 saturated carbocycles. The van der Waals surface area contributed by atoms with E-state index in [4.69, 9.17) is 0 Å². The van der Waals surface area contributed by atoms with Crippen molar-refractivity contribution in [3.8, 4) is 0 Å². The zero-order valence-electron chi connectivity index (χ0n) is 20.5. The third-order valence-electron chi connectivity index (χ3n) is 7.75. The van der Waals surface area contributed by atoms with Crippen molar-refractivity contribution in [1.29, 1.82) is 0 Å². The van der Waals surface area contributed by atoms with Crippen molar-refractivity contribution in [2.75, 3.05) is 7.05 Å². The topological polar surface area (TPSA) is 88.5 Å². The number of sulfonamides is 1. The van der Waals surface area contributed by atoms with Crippen molar-refractivity contribution in [3.63, 3.8) is 0 Å². The number of hydrogen-bond donors (Lipinski definition) is 1. The fourth-order valence-corrected chi connectivity index (χ4v) is 6.88. The monoisotopic (exact) mass is 487 g/mol. The molecule has 34 heavy (non-hydrogen) atoms. The van der Waals surface area contributed by atoms with Crippen LogP contribution in [0, 0.1) is 5.92 Å². The Kier molecular flexibility index (Phi) is 7.48. The molecule has 7 nitrogen and oxygen atoms in total. The number of nitrogens with one attached hydrogen (secondary N) is 1. The molecule has 0 spiro atoms. The molecule has 2 fully saturated rings. The Morgan fingerprint density at radius 3 is 2.41 bits per heavy atom. The van der Waals surface area contributed by atoms with Crippen molar-refractivity contribution >= 4 is 26.8 Å². The molecule has 0 bridgehead atoms. The summed E-state index contributed by atoms with van der Waals surface area (Å²) in [4.78, 5) is 26.6. The van der Waals surface area contributed by atoms with Gasteiger partial charge in [0.2, 0.25) is 15.5 Å². The van der Waals surface area contributed by atoms with E-state index in [2.05, 4.69) is 12.2 Å². The van der Waals surface area contributed by atoms with Crippen molar-refractivity contribution in [2.45, 2.75) is 95.2 Å². The second-order valence-corrected chi connectivity index (χ2v) is 12.1. The van der Waals surface area contributed by atoms with Gasteiger partial charge >= 0.3 is 0 Å². The normalized spacial score (nSPS) is 22.2. The van der Waals surface area contributed by atoms with E-state index in [1.165, 1.54) is 10.4 Å². The lowest BCUT2D eigenvalue weighted by atomic mass is 9.87. The van der Waals surface area contributed by atoms with Gasteiger partial charge in [-0.05, 0) is 69.6 Å². The van der Waals surface area contributed by atoms with E-state index in [1.807, 2.05) is 11.5 Å². The molecular weight excluding hydrogens is 450 g/mol. The molecule has 186 valence electrons. The van der Waals surface area contributed by atoms with Gasteiger partial charge in [-0.15, -0.1) is 0 Å². The highest BCUT2D eigenvalue weighted by atomic mass is 32.2. The highest BCUT2D eigenvalue weighted by molar-refractivity contribution is 7.89. The minimum Gasteiger partial charge on any atom is -0.349 e. The Bertz CT molecular complexity index is 1210. The van der Waals surface area contributed by atoms with Crippen LogP contribution in [0.15, 0.2) is 34.1 Å². The van der Waals surface area contributed by atoms with Gasteiger partial charge in [-0.1, -0.05) is 26.2 Å². The van der Waals surface area contributed by atoms with Gasteiger partial charge < -0.3 is 9.88 Å². The quantitative estimate of drug-likeness (QED) is 0.659. The maximum atomic E-state index is 13.4. The summed E-state index contributed by atoms with van der Waals surface area (Å²) in [5.41, 5.74) is 0.289. The number of pyridine rings is 1. The van der Waals surface area contributed by atoms with Crippen LogP contribution in [-0.4, -0.2) is 42.3 Å². The van der Waals surface area contributed by atoms with E-state index in [0.29, 0.717) is 18.0 Å². The first-order valence-corrected chi connectivity index (χ1v) is 14.1. The highest BCUT2D eigenvalue weighted by Crippen LogP contribution is 2.28. The molecule has 0 saturated heterocycles. The molecule has 0 radical (unpaired) electrons. The van der Waals surface area contributed by atoms with Crippen LogP contribution in [0.3, 0.4) is 0 Å². The summed E-state index contributed by atoms with van der Waals surface area (Å²) in [7, 11) is -2.11. The smallest absolute Gasteiger partial charge is 0.256 e. The molecule has 1 aromatic heterocycles. The summed E-state index contributed by atoms with van der Waals surface area (Å²) in [6.45, 7) is 4.72. The summed E-state index contributed by atoms with van der Waals surface area (Å²) in [5.74, 6) is 0.291. The van der Waals surface area contributed by atoms with E-state index in [0.717, 1.165) is 57.8 Å². The lowest BCUT2D eigenvalue weighted by Crippen LogP contribution is -2.39. The molecular formula is C26H37N3O4S. The van der Waals surface area contributed by atoms with Gasteiger partial charge in [0, 0.05) is 37.3 Å². The van der Waals surface area contributed by atoms with Crippen LogP contribution in [-0.2, 0) is 16.6 Å². The molecule has 1 heterocycles. The second kappa shape index (κ2) is 10.2. The minimum absolute atomic E-state index is 0.0166. The largest absolute Gasteiger partial charge is 0.349 e. The third-order valence-corrected chi connectivity index (χ3v) is 9.66. The predicted octanol–water partition coefficient (Wildman–Crippen LogP) is 4.28. The van der Waals surface area contributed by atoms with Gasteiger partial charge in [0.15, 0.2) is 0 Å². The predicted molar refractivity (Wildman–Crippen MR) is 135 cm³/mol. The van der Waals surface area contributed by atoms with E-state index >= 15 is 0 Å². The Morgan fingerprint density at radius 1 is 1.09 bits per heavy atom. The molecule has 8 heteroatoms. The first-order chi connectivity index (χ1) is 16.2. The van der Waals surface area contributed by atoms with Crippen LogP contribution >= 0.6 is 0 Å². The van der Waals surface area contributed by atoms with Crippen molar-refractivity contribution in [1.82, 2.24) is 14.2 Å². The molecule has 2 aromatic rings. The number of hydrogen-bond acceptors (Lipinski definition) is 4. The number of carbonyl (C=O) groups excluding carboxylic acids is 1. The SMILES string of the molecule is CCn1cc(C(=O)NC2CCC(C)CC2)c(=O)c2cc(S(=O)(=O)N(C)C3CCCCC3)ccc21. The van der Waals surface area contributed by atoms with Gasteiger partial charge in [-0.2, -0.15) is 4.31 Å². The molecule has 2 aliphatic carbocycles. The number of aromatic nitrogens is 1. The zero-order valence-corrected chi connectivity index (χ0v) is 21.4. The fraction of sp³-hybridized carbons (Fsp3) is 0.615. The van der Waals surface area contributed by atoms with Crippen LogP contribution in [0.1, 0.15) is 82.0 Å². The molecule has 1 N–H and O–H groups in total. The second-order valence-electron chi connectivity index (χ2n) is 10.1. The fourth-order valence-electron chi connectivity index (χ4n) is 5.44. The number of benzene rings is 1. The summed E-state index contributed by atoms with van der Waals surface area (Å²) in [6, 6.07) is 4.77. The van der Waals surface area contributed by atoms with Crippen LogP contribution in [0.2, 0.25) is 0 Å². The average Bonchev–Trinajstić information content (AvgIpc) is 2.85. The van der Waals surface area contributed by atoms with Crippen LogP contribution < -0.4 is 10.7 Å². The molecule has 1 aromatic carbocycles.